The maximum atomic E-state index is 13.5. The molecule has 0 atom stereocenters. The summed E-state index contributed by atoms with van der Waals surface area (Å²) in [5, 5.41) is 0.511. The van der Waals surface area contributed by atoms with Gasteiger partial charge in [0.25, 0.3) is 0 Å². The summed E-state index contributed by atoms with van der Waals surface area (Å²) in [4.78, 5) is 0. The van der Waals surface area contributed by atoms with Gasteiger partial charge >= 0.3 is 0 Å². The van der Waals surface area contributed by atoms with Crippen LogP contribution in [-0.4, -0.2) is 5.54 Å². The van der Waals surface area contributed by atoms with Crippen molar-refractivity contribution in [3.63, 3.8) is 0 Å². The molecule has 0 bridgehead atoms. The third-order valence-corrected chi connectivity index (χ3v) is 3.21. The average molecular weight is 234 g/mol. The van der Waals surface area contributed by atoms with E-state index in [1.165, 1.54) is 6.07 Å². The quantitative estimate of drug-likeness (QED) is 0.781. The second kappa shape index (κ2) is 3.37. The molecule has 1 aliphatic carbocycles. The highest BCUT2D eigenvalue weighted by Gasteiger charge is 2.39. The van der Waals surface area contributed by atoms with Gasteiger partial charge in [0, 0.05) is 16.1 Å². The zero-order valence-electron chi connectivity index (χ0n) is 7.49. The van der Waals surface area contributed by atoms with Crippen molar-refractivity contribution >= 4 is 23.2 Å². The number of hydrogen-bond acceptors (Lipinski definition) is 1. The lowest BCUT2D eigenvalue weighted by Gasteiger charge is -2.11. The molecule has 0 radical (unpaired) electrons. The van der Waals surface area contributed by atoms with Crippen LogP contribution < -0.4 is 5.73 Å². The summed E-state index contributed by atoms with van der Waals surface area (Å²) in [5.74, 6) is -0.434. The number of nitrogens with two attached hydrogens (primary N) is 1. The number of halogens is 3. The van der Waals surface area contributed by atoms with E-state index in [2.05, 4.69) is 0 Å². The lowest BCUT2D eigenvalue weighted by molar-refractivity contribution is 0.583. The molecule has 2 N–H and O–H groups in total. The molecule has 1 aromatic carbocycles. The fraction of sp³-hybridized carbons (Fsp3) is 0.400. The highest BCUT2D eigenvalue weighted by atomic mass is 35.5. The second-order valence-corrected chi connectivity index (χ2v) is 4.68. The van der Waals surface area contributed by atoms with Crippen LogP contribution in [0.4, 0.5) is 4.39 Å². The molecule has 1 aromatic rings. The van der Waals surface area contributed by atoms with Gasteiger partial charge in [-0.25, -0.2) is 4.39 Å². The molecule has 0 saturated heterocycles. The maximum Gasteiger partial charge on any atom is 0.146 e. The van der Waals surface area contributed by atoms with E-state index < -0.39 is 5.82 Å². The van der Waals surface area contributed by atoms with Crippen molar-refractivity contribution in [1.82, 2.24) is 0 Å². The summed E-state index contributed by atoms with van der Waals surface area (Å²) < 4.78 is 13.5. The van der Waals surface area contributed by atoms with Gasteiger partial charge in [-0.3, -0.25) is 0 Å². The Balaban J connectivity index is 2.35. The topological polar surface area (TPSA) is 26.0 Å². The van der Waals surface area contributed by atoms with Gasteiger partial charge in [0.05, 0.1) is 5.02 Å². The van der Waals surface area contributed by atoms with Gasteiger partial charge in [0.2, 0.25) is 0 Å². The van der Waals surface area contributed by atoms with E-state index in [9.17, 15) is 4.39 Å². The molecule has 1 aliphatic rings. The monoisotopic (exact) mass is 233 g/mol. The Kier molecular flexibility index (Phi) is 2.46. The van der Waals surface area contributed by atoms with Crippen LogP contribution in [0.1, 0.15) is 18.4 Å². The van der Waals surface area contributed by atoms with Crippen LogP contribution in [0.25, 0.3) is 0 Å². The van der Waals surface area contributed by atoms with Crippen LogP contribution in [0.3, 0.4) is 0 Å². The van der Waals surface area contributed by atoms with Crippen molar-refractivity contribution in [3.05, 3.63) is 33.6 Å². The van der Waals surface area contributed by atoms with E-state index >= 15 is 0 Å². The van der Waals surface area contributed by atoms with Gasteiger partial charge in [-0.05, 0) is 31.4 Å². The summed E-state index contributed by atoms with van der Waals surface area (Å²) in [6, 6.07) is 3.06. The molecule has 0 aliphatic heterocycles. The number of hydrogen-bond donors (Lipinski definition) is 1. The first-order chi connectivity index (χ1) is 6.52. The second-order valence-electron chi connectivity index (χ2n) is 3.86. The predicted octanol–water partition coefficient (Wildman–Crippen LogP) is 3.17. The standard InChI is InChI=1S/C10H10Cl2FN/c11-7-1-2-8(12)9(13)6(7)5-10(14)3-4-10/h1-2H,3-5,14H2. The Morgan fingerprint density at radius 3 is 2.43 bits per heavy atom. The van der Waals surface area contributed by atoms with E-state index in [0.29, 0.717) is 17.0 Å². The minimum absolute atomic E-state index is 0.105. The van der Waals surface area contributed by atoms with E-state index in [1.807, 2.05) is 0 Å². The molecule has 0 spiro atoms. The highest BCUT2D eigenvalue weighted by Crippen LogP contribution is 2.38. The number of benzene rings is 1. The normalized spacial score (nSPS) is 18.3. The molecule has 1 saturated carbocycles. The Morgan fingerprint density at radius 2 is 1.86 bits per heavy atom. The fourth-order valence-electron chi connectivity index (χ4n) is 1.42. The Labute approximate surface area is 92.0 Å². The van der Waals surface area contributed by atoms with Crippen LogP contribution in [0.2, 0.25) is 10.0 Å². The predicted molar refractivity (Wildman–Crippen MR) is 56.3 cm³/mol. The van der Waals surface area contributed by atoms with E-state index in [0.717, 1.165) is 12.8 Å². The average Bonchev–Trinajstić information content (AvgIpc) is 2.86. The minimum atomic E-state index is -0.434. The molecular weight excluding hydrogens is 224 g/mol. The van der Waals surface area contributed by atoms with Crippen LogP contribution in [0.15, 0.2) is 12.1 Å². The fourth-order valence-corrected chi connectivity index (χ4v) is 1.81. The van der Waals surface area contributed by atoms with Gasteiger partial charge in [-0.2, -0.15) is 0 Å². The summed E-state index contributed by atoms with van der Waals surface area (Å²) in [7, 11) is 0. The third kappa shape index (κ3) is 1.88. The summed E-state index contributed by atoms with van der Waals surface area (Å²) in [5.41, 5.74) is 6.09. The van der Waals surface area contributed by atoms with Crippen LogP contribution in [0.5, 0.6) is 0 Å². The summed E-state index contributed by atoms with van der Waals surface area (Å²) in [6.45, 7) is 0. The van der Waals surface area contributed by atoms with Crippen molar-refractivity contribution in [3.8, 4) is 0 Å². The van der Waals surface area contributed by atoms with Crippen LogP contribution in [-0.2, 0) is 6.42 Å². The van der Waals surface area contributed by atoms with Gasteiger partial charge in [0.15, 0.2) is 0 Å². The van der Waals surface area contributed by atoms with Crippen molar-refractivity contribution < 1.29 is 4.39 Å². The molecule has 1 nitrogen and oxygen atoms in total. The lowest BCUT2D eigenvalue weighted by atomic mass is 10.0. The van der Waals surface area contributed by atoms with Gasteiger partial charge in [-0.1, -0.05) is 23.2 Å². The third-order valence-electron chi connectivity index (χ3n) is 2.56. The van der Waals surface area contributed by atoms with E-state index in [4.69, 9.17) is 28.9 Å². The van der Waals surface area contributed by atoms with Gasteiger partial charge in [0.1, 0.15) is 5.82 Å². The number of rotatable bonds is 2. The Morgan fingerprint density at radius 1 is 1.29 bits per heavy atom. The molecule has 0 unspecified atom stereocenters. The highest BCUT2D eigenvalue weighted by molar-refractivity contribution is 6.33. The molecule has 2 rings (SSSR count). The molecule has 0 amide bonds. The minimum Gasteiger partial charge on any atom is -0.325 e. The van der Waals surface area contributed by atoms with Crippen molar-refractivity contribution in [1.29, 1.82) is 0 Å². The Hall–Kier alpha value is -0.310. The molecule has 4 heteroatoms. The van der Waals surface area contributed by atoms with Crippen molar-refractivity contribution in [2.24, 2.45) is 5.73 Å². The van der Waals surface area contributed by atoms with E-state index in [-0.39, 0.29) is 10.6 Å². The molecular formula is C10H10Cl2FN. The maximum absolute atomic E-state index is 13.5. The summed E-state index contributed by atoms with van der Waals surface area (Å²) >= 11 is 11.5. The van der Waals surface area contributed by atoms with Crippen LogP contribution >= 0.6 is 23.2 Å². The summed E-state index contributed by atoms with van der Waals surface area (Å²) in [6.07, 6.45) is 2.32. The van der Waals surface area contributed by atoms with Crippen molar-refractivity contribution in [2.75, 3.05) is 0 Å². The Bertz CT molecular complexity index is 375. The lowest BCUT2D eigenvalue weighted by Crippen LogP contribution is -2.25. The van der Waals surface area contributed by atoms with Gasteiger partial charge in [-0.15, -0.1) is 0 Å². The zero-order chi connectivity index (χ0) is 10.3. The molecule has 76 valence electrons. The smallest absolute Gasteiger partial charge is 0.146 e. The molecule has 0 heterocycles. The molecule has 14 heavy (non-hydrogen) atoms. The van der Waals surface area contributed by atoms with E-state index in [1.54, 1.807) is 6.07 Å². The molecule has 0 aromatic heterocycles. The first kappa shape index (κ1) is 10.2. The first-order valence-corrected chi connectivity index (χ1v) is 5.19. The molecule has 1 fully saturated rings. The first-order valence-electron chi connectivity index (χ1n) is 4.43. The van der Waals surface area contributed by atoms with Gasteiger partial charge < -0.3 is 5.73 Å². The van der Waals surface area contributed by atoms with Crippen LogP contribution in [0, 0.1) is 5.82 Å². The zero-order valence-corrected chi connectivity index (χ0v) is 9.00. The SMILES string of the molecule is NC1(Cc2c(Cl)ccc(Cl)c2F)CC1. The largest absolute Gasteiger partial charge is 0.325 e. The van der Waals surface area contributed by atoms with Crippen molar-refractivity contribution in [2.45, 2.75) is 24.8 Å².